The second-order valence-electron chi connectivity index (χ2n) is 7.68. The summed E-state index contributed by atoms with van der Waals surface area (Å²) in [6.07, 6.45) is 1.61. The van der Waals surface area contributed by atoms with Crippen LogP contribution in [0.4, 0.5) is 0 Å². The Morgan fingerprint density at radius 3 is 2.28 bits per heavy atom. The summed E-state index contributed by atoms with van der Waals surface area (Å²) in [6, 6.07) is 24.3. The van der Waals surface area contributed by atoms with Gasteiger partial charge in [-0.3, -0.25) is 10.2 Å². The molecule has 180 valence electrons. The van der Waals surface area contributed by atoms with E-state index in [2.05, 4.69) is 10.1 Å². The Morgan fingerprint density at radius 1 is 0.889 bits per heavy atom. The Bertz CT molecular complexity index is 1400. The molecule has 2 heterocycles. The van der Waals surface area contributed by atoms with E-state index in [1.165, 1.54) is 16.8 Å². The van der Waals surface area contributed by atoms with Crippen LogP contribution < -0.4 is 14.2 Å². The third kappa shape index (κ3) is 4.87. The van der Waals surface area contributed by atoms with Crippen LogP contribution in [0.3, 0.4) is 0 Å². The number of benzene rings is 3. The van der Waals surface area contributed by atoms with Crippen molar-refractivity contribution in [2.24, 2.45) is 10.1 Å². The smallest absolute Gasteiger partial charge is 0.283 e. The van der Waals surface area contributed by atoms with Gasteiger partial charge in [0.2, 0.25) is 5.17 Å². The molecule has 0 aliphatic carbocycles. The van der Waals surface area contributed by atoms with Crippen LogP contribution in [0.5, 0.6) is 17.2 Å². The first-order chi connectivity index (χ1) is 17.6. The van der Waals surface area contributed by atoms with E-state index in [1.807, 2.05) is 72.8 Å². The summed E-state index contributed by atoms with van der Waals surface area (Å²) in [5, 5.41) is 15.6. The van der Waals surface area contributed by atoms with E-state index in [1.54, 1.807) is 19.3 Å². The summed E-state index contributed by atoms with van der Waals surface area (Å²) >= 11 is 1.27. The Balaban J connectivity index is 1.31. The van der Waals surface area contributed by atoms with Gasteiger partial charge in [0, 0.05) is 11.1 Å². The lowest BCUT2D eigenvalue weighted by Gasteiger charge is -2.20. The maximum atomic E-state index is 12.8. The molecule has 8 nitrogen and oxygen atoms in total. The molecule has 0 bridgehead atoms. The molecule has 9 heteroatoms. The molecule has 3 aromatic carbocycles. The lowest BCUT2D eigenvalue weighted by Crippen LogP contribution is -2.35. The van der Waals surface area contributed by atoms with Crippen molar-refractivity contribution in [3.8, 4) is 17.2 Å². The molecule has 1 N–H and O–H groups in total. The Hall–Kier alpha value is -4.37. The van der Waals surface area contributed by atoms with Crippen molar-refractivity contribution in [1.29, 1.82) is 5.41 Å². The van der Waals surface area contributed by atoms with Gasteiger partial charge >= 0.3 is 0 Å². The highest BCUT2D eigenvalue weighted by atomic mass is 32.2. The highest BCUT2D eigenvalue weighted by Crippen LogP contribution is 2.32. The van der Waals surface area contributed by atoms with Gasteiger partial charge in [0.05, 0.1) is 12.7 Å². The first-order valence-corrected chi connectivity index (χ1v) is 12.0. The number of carbonyl (C=O) groups is 1. The number of hydrogen-bond donors (Lipinski definition) is 1. The first kappa shape index (κ1) is 23.4. The zero-order valence-electron chi connectivity index (χ0n) is 19.4. The van der Waals surface area contributed by atoms with Gasteiger partial charge in [0.15, 0.2) is 17.3 Å². The third-order valence-electron chi connectivity index (χ3n) is 5.36. The number of fused-ring (bicyclic) bond motifs is 1. The molecule has 5 rings (SSSR count). The van der Waals surface area contributed by atoms with Gasteiger partial charge < -0.3 is 14.2 Å². The van der Waals surface area contributed by atoms with Crippen molar-refractivity contribution < 1.29 is 19.0 Å². The molecule has 0 saturated heterocycles. The van der Waals surface area contributed by atoms with Gasteiger partial charge in [-0.2, -0.15) is 15.1 Å². The molecule has 0 radical (unpaired) electrons. The number of para-hydroxylation sites is 3. The van der Waals surface area contributed by atoms with E-state index in [9.17, 15) is 4.79 Å². The SMILES string of the molecule is COc1ccccc1OCCOc1ccccc1/C=C1\C(=N)N2N=C(c3ccccc3)SC2=NC1=O. The summed E-state index contributed by atoms with van der Waals surface area (Å²) in [7, 11) is 1.59. The molecule has 2 aliphatic rings. The monoisotopic (exact) mass is 498 g/mol. The number of nitrogens with zero attached hydrogens (tertiary/aromatic N) is 3. The van der Waals surface area contributed by atoms with Crippen LogP contribution in [0.25, 0.3) is 6.08 Å². The summed E-state index contributed by atoms with van der Waals surface area (Å²) < 4.78 is 17.0. The number of rotatable bonds is 8. The first-order valence-electron chi connectivity index (χ1n) is 11.2. The largest absolute Gasteiger partial charge is 0.493 e. The Kier molecular flexibility index (Phi) is 6.81. The van der Waals surface area contributed by atoms with Gasteiger partial charge in [-0.25, -0.2) is 0 Å². The zero-order valence-corrected chi connectivity index (χ0v) is 20.2. The fourth-order valence-corrected chi connectivity index (χ4v) is 4.51. The Labute approximate surface area is 212 Å². The maximum Gasteiger partial charge on any atom is 0.283 e. The number of hydrazone groups is 1. The molecule has 36 heavy (non-hydrogen) atoms. The van der Waals surface area contributed by atoms with Gasteiger partial charge in [0.25, 0.3) is 5.91 Å². The lowest BCUT2D eigenvalue weighted by atomic mass is 10.1. The molecule has 0 unspecified atom stereocenters. The Morgan fingerprint density at radius 2 is 1.53 bits per heavy atom. The minimum atomic E-state index is -0.488. The van der Waals surface area contributed by atoms with Crippen LogP contribution in [-0.4, -0.2) is 47.3 Å². The quantitative estimate of drug-likeness (QED) is 0.353. The second kappa shape index (κ2) is 10.5. The topological polar surface area (TPSA) is 96.6 Å². The number of thioether (sulfide) groups is 1. The van der Waals surface area contributed by atoms with Crippen LogP contribution in [-0.2, 0) is 4.79 Å². The number of carbonyl (C=O) groups excluding carboxylic acids is 1. The summed E-state index contributed by atoms with van der Waals surface area (Å²) in [4.78, 5) is 17.0. The molecule has 0 fully saturated rings. The highest BCUT2D eigenvalue weighted by Gasteiger charge is 2.36. The van der Waals surface area contributed by atoms with E-state index < -0.39 is 5.91 Å². The summed E-state index contributed by atoms with van der Waals surface area (Å²) in [5.74, 6) is 1.33. The van der Waals surface area contributed by atoms with Crippen molar-refractivity contribution in [1.82, 2.24) is 5.01 Å². The van der Waals surface area contributed by atoms with Gasteiger partial charge in [-0.05, 0) is 36.0 Å². The third-order valence-corrected chi connectivity index (χ3v) is 6.32. The molecule has 3 aromatic rings. The van der Waals surface area contributed by atoms with Crippen LogP contribution in [0.15, 0.2) is 94.5 Å². The minimum absolute atomic E-state index is 0.0299. The van der Waals surface area contributed by atoms with Crippen LogP contribution in [0, 0.1) is 5.41 Å². The predicted octanol–water partition coefficient (Wildman–Crippen LogP) is 4.82. The summed E-state index contributed by atoms with van der Waals surface area (Å²) in [6.45, 7) is 0.578. The average molecular weight is 499 g/mol. The van der Waals surface area contributed by atoms with Crippen LogP contribution in [0.2, 0.25) is 0 Å². The maximum absolute atomic E-state index is 12.8. The number of methoxy groups -OCH3 is 1. The van der Waals surface area contributed by atoms with Gasteiger partial charge in [-0.15, -0.1) is 0 Å². The number of ether oxygens (including phenoxy) is 3. The second-order valence-corrected chi connectivity index (χ2v) is 8.63. The normalized spacial score (nSPS) is 15.9. The van der Waals surface area contributed by atoms with Crippen LogP contribution >= 0.6 is 11.8 Å². The molecule has 0 spiro atoms. The zero-order chi connectivity index (χ0) is 24.9. The van der Waals surface area contributed by atoms with Crippen molar-refractivity contribution in [3.05, 3.63) is 95.6 Å². The molecular weight excluding hydrogens is 476 g/mol. The van der Waals surface area contributed by atoms with Crippen molar-refractivity contribution in [2.45, 2.75) is 0 Å². The van der Waals surface area contributed by atoms with Gasteiger partial charge in [0.1, 0.15) is 24.0 Å². The molecule has 2 aliphatic heterocycles. The fourth-order valence-electron chi connectivity index (χ4n) is 3.62. The predicted molar refractivity (Wildman–Crippen MR) is 141 cm³/mol. The van der Waals surface area contributed by atoms with Gasteiger partial charge in [-0.1, -0.05) is 60.7 Å². The van der Waals surface area contributed by atoms with Crippen molar-refractivity contribution in [3.63, 3.8) is 0 Å². The van der Waals surface area contributed by atoms with E-state index >= 15 is 0 Å². The molecule has 1 amide bonds. The number of amidine groups is 2. The van der Waals surface area contributed by atoms with E-state index in [0.717, 1.165) is 5.56 Å². The standard InChI is InChI=1S/C27H22N4O4S/c1-33-22-13-7-8-14-23(22)35-16-15-34-21-12-6-5-11-19(21)17-20-24(28)31-27(29-25(20)32)36-26(30-31)18-9-3-2-4-10-18/h2-14,17,28H,15-16H2,1H3/b20-17+,28-24?. The van der Waals surface area contributed by atoms with E-state index in [0.29, 0.717) is 39.6 Å². The van der Waals surface area contributed by atoms with E-state index in [-0.39, 0.29) is 18.0 Å². The number of nitrogens with one attached hydrogen (secondary N) is 1. The van der Waals surface area contributed by atoms with Crippen LogP contribution in [0.1, 0.15) is 11.1 Å². The fraction of sp³-hybridized carbons (Fsp3) is 0.111. The molecule has 0 aromatic heterocycles. The molecular formula is C27H22N4O4S. The lowest BCUT2D eigenvalue weighted by molar-refractivity contribution is -0.114. The molecule has 0 atom stereocenters. The van der Waals surface area contributed by atoms with Crippen molar-refractivity contribution >= 4 is 39.8 Å². The number of hydrogen-bond acceptors (Lipinski definition) is 7. The highest BCUT2D eigenvalue weighted by molar-refractivity contribution is 8.27. The number of amides is 1. The average Bonchev–Trinajstić information content (AvgIpc) is 3.34. The van der Waals surface area contributed by atoms with Crippen molar-refractivity contribution in [2.75, 3.05) is 20.3 Å². The number of aliphatic imine (C=N–C) groups is 1. The molecule has 0 saturated carbocycles. The summed E-state index contributed by atoms with van der Waals surface area (Å²) in [5.41, 5.74) is 1.69. The van der Waals surface area contributed by atoms with E-state index in [4.69, 9.17) is 19.6 Å². The minimum Gasteiger partial charge on any atom is -0.493 e.